The number of H-pyrrole nitrogens is 1. The van der Waals surface area contributed by atoms with E-state index in [9.17, 15) is 22.8 Å². The smallest absolute Gasteiger partial charge is 0.361 e. The summed E-state index contributed by atoms with van der Waals surface area (Å²) >= 11 is 5.98. The number of nitrogens with one attached hydrogen (secondary N) is 1. The summed E-state index contributed by atoms with van der Waals surface area (Å²) in [5.74, 6) is -0.553. The van der Waals surface area contributed by atoms with Gasteiger partial charge in [0.1, 0.15) is 6.54 Å². The summed E-state index contributed by atoms with van der Waals surface area (Å²) in [4.78, 5) is 33.4. The minimum atomic E-state index is -4.44. The van der Waals surface area contributed by atoms with Crippen LogP contribution in [0.15, 0.2) is 79.0 Å². The van der Waals surface area contributed by atoms with Crippen molar-refractivity contribution in [2.24, 2.45) is 0 Å². The molecule has 0 bridgehead atoms. The number of amides is 2. The van der Waals surface area contributed by atoms with Gasteiger partial charge in [0.2, 0.25) is 5.91 Å². The van der Waals surface area contributed by atoms with Gasteiger partial charge in [0, 0.05) is 47.3 Å². The Morgan fingerprint density at radius 1 is 0.900 bits per heavy atom. The molecule has 0 radical (unpaired) electrons. The zero-order chi connectivity index (χ0) is 28.7. The van der Waals surface area contributed by atoms with Gasteiger partial charge in [-0.05, 0) is 66.4 Å². The Labute approximate surface area is 236 Å². The Balaban J connectivity index is 1.56. The molecular formula is C31H31ClF3N3O2. The Bertz CT molecular complexity index is 1430. The first-order valence-corrected chi connectivity index (χ1v) is 13.6. The van der Waals surface area contributed by atoms with Gasteiger partial charge in [-0.15, -0.1) is 0 Å². The van der Waals surface area contributed by atoms with Crippen molar-refractivity contribution in [2.75, 3.05) is 19.6 Å². The number of halogens is 4. The van der Waals surface area contributed by atoms with E-state index in [1.165, 1.54) is 17.0 Å². The molecule has 0 atom stereocenters. The summed E-state index contributed by atoms with van der Waals surface area (Å²) in [6, 6.07) is 19.2. The summed E-state index contributed by atoms with van der Waals surface area (Å²) in [5, 5.41) is 1.56. The highest BCUT2D eigenvalue weighted by Crippen LogP contribution is 2.29. The van der Waals surface area contributed by atoms with Crippen molar-refractivity contribution >= 4 is 34.3 Å². The fourth-order valence-electron chi connectivity index (χ4n) is 4.55. The highest BCUT2D eigenvalue weighted by atomic mass is 35.5. The summed E-state index contributed by atoms with van der Waals surface area (Å²) in [6.45, 7) is 2.72. The first-order chi connectivity index (χ1) is 19.2. The zero-order valence-electron chi connectivity index (χ0n) is 22.2. The molecule has 2 amide bonds. The van der Waals surface area contributed by atoms with Crippen molar-refractivity contribution < 1.29 is 22.8 Å². The maximum absolute atomic E-state index is 13.7. The van der Waals surface area contributed by atoms with Gasteiger partial charge in [-0.1, -0.05) is 55.3 Å². The second-order valence-electron chi connectivity index (χ2n) is 9.71. The molecule has 40 heavy (non-hydrogen) atoms. The molecule has 4 rings (SSSR count). The van der Waals surface area contributed by atoms with Gasteiger partial charge >= 0.3 is 6.18 Å². The monoisotopic (exact) mass is 569 g/mol. The highest BCUT2D eigenvalue weighted by Gasteiger charge is 2.30. The number of aromatic nitrogens is 1. The SMILES string of the molecule is CCCCN(CC(=O)N(CCc1c[nH]c2ccccc12)Cc1ccc(C(F)(F)F)cc1)C(=O)c1ccc(Cl)cc1. The Kier molecular flexibility index (Phi) is 9.53. The van der Waals surface area contributed by atoms with E-state index in [4.69, 9.17) is 11.6 Å². The fraction of sp³-hybridized carbons (Fsp3) is 0.290. The molecule has 1 aromatic heterocycles. The predicted molar refractivity (Wildman–Crippen MR) is 151 cm³/mol. The predicted octanol–water partition coefficient (Wildman–Crippen LogP) is 7.35. The van der Waals surface area contributed by atoms with Gasteiger partial charge in [-0.3, -0.25) is 9.59 Å². The molecule has 1 N–H and O–H groups in total. The number of para-hydroxylation sites is 1. The van der Waals surface area contributed by atoms with E-state index >= 15 is 0 Å². The first kappa shape index (κ1) is 29.2. The maximum atomic E-state index is 13.7. The molecule has 0 unspecified atom stereocenters. The lowest BCUT2D eigenvalue weighted by molar-refractivity contribution is -0.137. The van der Waals surface area contributed by atoms with Crippen molar-refractivity contribution in [1.29, 1.82) is 0 Å². The molecule has 9 heteroatoms. The molecule has 4 aromatic rings. The lowest BCUT2D eigenvalue weighted by atomic mass is 10.1. The third-order valence-electron chi connectivity index (χ3n) is 6.82. The minimum Gasteiger partial charge on any atom is -0.361 e. The van der Waals surface area contributed by atoms with Gasteiger partial charge in [0.15, 0.2) is 0 Å². The number of nitrogens with zero attached hydrogens (tertiary/aromatic N) is 2. The molecule has 0 saturated heterocycles. The van der Waals surface area contributed by atoms with Gasteiger partial charge < -0.3 is 14.8 Å². The van der Waals surface area contributed by atoms with Crippen LogP contribution < -0.4 is 0 Å². The van der Waals surface area contributed by atoms with Crippen LogP contribution in [0.3, 0.4) is 0 Å². The van der Waals surface area contributed by atoms with Crippen molar-refractivity contribution in [3.8, 4) is 0 Å². The number of unbranched alkanes of at least 4 members (excludes halogenated alkanes) is 1. The lowest BCUT2D eigenvalue weighted by Crippen LogP contribution is -2.43. The van der Waals surface area contributed by atoms with Crippen LogP contribution in [0.5, 0.6) is 0 Å². The highest BCUT2D eigenvalue weighted by molar-refractivity contribution is 6.30. The molecule has 3 aromatic carbocycles. The molecular weight excluding hydrogens is 539 g/mol. The summed E-state index contributed by atoms with van der Waals surface area (Å²) in [5.41, 5.74) is 2.27. The summed E-state index contributed by atoms with van der Waals surface area (Å²) in [6.07, 6.45) is -0.431. The number of carbonyl (C=O) groups is 2. The van der Waals surface area contributed by atoms with Gasteiger partial charge in [0.05, 0.1) is 5.56 Å². The average Bonchev–Trinajstić information content (AvgIpc) is 3.36. The number of carbonyl (C=O) groups excluding carboxylic acids is 2. The number of rotatable bonds is 11. The summed E-state index contributed by atoms with van der Waals surface area (Å²) < 4.78 is 39.3. The normalized spacial score (nSPS) is 11.5. The molecule has 0 spiro atoms. The number of alkyl halides is 3. The second-order valence-corrected chi connectivity index (χ2v) is 10.1. The minimum absolute atomic E-state index is 0.121. The first-order valence-electron chi connectivity index (χ1n) is 13.2. The van der Waals surface area contributed by atoms with Crippen LogP contribution in [0.1, 0.15) is 46.8 Å². The van der Waals surface area contributed by atoms with Crippen LogP contribution in [-0.4, -0.2) is 46.2 Å². The van der Waals surface area contributed by atoms with Crippen LogP contribution in [0, 0.1) is 0 Å². The summed E-state index contributed by atoms with van der Waals surface area (Å²) in [7, 11) is 0. The molecule has 0 saturated carbocycles. The number of aromatic amines is 1. The van der Waals surface area contributed by atoms with Crippen LogP contribution in [0.2, 0.25) is 5.02 Å². The van der Waals surface area contributed by atoms with Crippen LogP contribution in [0.25, 0.3) is 10.9 Å². The third-order valence-corrected chi connectivity index (χ3v) is 7.07. The van der Waals surface area contributed by atoms with Crippen molar-refractivity contribution in [1.82, 2.24) is 14.8 Å². The third kappa shape index (κ3) is 7.45. The number of benzene rings is 3. The van der Waals surface area contributed by atoms with Gasteiger partial charge in [-0.2, -0.15) is 13.2 Å². The Morgan fingerprint density at radius 3 is 2.27 bits per heavy atom. The molecule has 0 aliphatic carbocycles. The number of fused-ring (bicyclic) bond motifs is 1. The van der Waals surface area contributed by atoms with E-state index in [0.717, 1.165) is 41.4 Å². The lowest BCUT2D eigenvalue weighted by Gasteiger charge is -2.28. The second kappa shape index (κ2) is 13.0. The maximum Gasteiger partial charge on any atom is 0.416 e. The molecule has 5 nitrogen and oxygen atoms in total. The Hall–Kier alpha value is -3.78. The molecule has 0 aliphatic heterocycles. The van der Waals surface area contributed by atoms with E-state index in [1.807, 2.05) is 37.4 Å². The van der Waals surface area contributed by atoms with Crippen molar-refractivity contribution in [3.05, 3.63) is 106 Å². The molecule has 0 fully saturated rings. The molecule has 1 heterocycles. The van der Waals surface area contributed by atoms with Gasteiger partial charge in [0.25, 0.3) is 5.91 Å². The van der Waals surface area contributed by atoms with Gasteiger partial charge in [-0.25, -0.2) is 0 Å². The molecule has 0 aliphatic rings. The standard InChI is InChI=1S/C31H31ClF3N3O2/c1-2-3-17-38(30(40)23-10-14-26(32)15-11-23)21-29(39)37(20-22-8-12-25(13-9-22)31(33,34)35)18-16-24-19-36-28-7-5-4-6-27(24)28/h4-15,19,36H,2-3,16-18,20-21H2,1H3. The van der Waals surface area contributed by atoms with Crippen LogP contribution >= 0.6 is 11.6 Å². The zero-order valence-corrected chi connectivity index (χ0v) is 22.9. The number of hydrogen-bond donors (Lipinski definition) is 1. The van der Waals surface area contributed by atoms with Crippen molar-refractivity contribution in [3.63, 3.8) is 0 Å². The quantitative estimate of drug-likeness (QED) is 0.205. The Morgan fingerprint density at radius 2 is 1.60 bits per heavy atom. The van der Waals surface area contributed by atoms with E-state index in [-0.39, 0.29) is 24.9 Å². The van der Waals surface area contributed by atoms with Crippen LogP contribution in [0.4, 0.5) is 13.2 Å². The fourth-order valence-corrected chi connectivity index (χ4v) is 4.67. The van der Waals surface area contributed by atoms with E-state index < -0.39 is 11.7 Å². The van der Waals surface area contributed by atoms with E-state index in [1.54, 1.807) is 29.2 Å². The topological polar surface area (TPSA) is 56.4 Å². The largest absolute Gasteiger partial charge is 0.416 e. The molecule has 210 valence electrons. The van der Waals surface area contributed by atoms with E-state index in [2.05, 4.69) is 4.98 Å². The van der Waals surface area contributed by atoms with E-state index in [0.29, 0.717) is 35.7 Å². The number of hydrogen-bond acceptors (Lipinski definition) is 2. The van der Waals surface area contributed by atoms with Crippen molar-refractivity contribution in [2.45, 2.75) is 38.9 Å². The van der Waals surface area contributed by atoms with Crippen LogP contribution in [-0.2, 0) is 23.9 Å². The average molecular weight is 570 g/mol.